The molecule has 1 fully saturated rings. The molecule has 2 heterocycles. The van der Waals surface area contributed by atoms with Crippen molar-refractivity contribution in [2.24, 2.45) is 11.1 Å². The number of methoxy groups -OCH3 is 1. The van der Waals surface area contributed by atoms with Gasteiger partial charge in [0.2, 0.25) is 5.88 Å². The zero-order valence-electron chi connectivity index (χ0n) is 20.2. The number of esters is 1. The molecule has 4 rings (SSSR count). The van der Waals surface area contributed by atoms with Crippen LogP contribution < -0.4 is 5.73 Å². The second-order valence-corrected chi connectivity index (χ2v) is 10.1. The molecule has 178 valence electrons. The van der Waals surface area contributed by atoms with Gasteiger partial charge in [0.05, 0.1) is 26.2 Å². The lowest BCUT2D eigenvalue weighted by molar-refractivity contribution is -0.136. The number of benzene rings is 1. The molecule has 1 saturated heterocycles. The Labute approximate surface area is 195 Å². The van der Waals surface area contributed by atoms with Crippen molar-refractivity contribution in [2.75, 3.05) is 33.4 Å². The number of rotatable bonds is 4. The van der Waals surface area contributed by atoms with E-state index in [1.165, 1.54) is 12.7 Å². The normalized spacial score (nSPS) is 23.3. The number of nitrogens with zero attached hydrogens (tertiary/aromatic N) is 1. The fraction of sp³-hybridized carbons (Fsp3) is 0.538. The first kappa shape index (κ1) is 23.5. The van der Waals surface area contributed by atoms with Crippen molar-refractivity contribution in [3.05, 3.63) is 57.2 Å². The average Bonchev–Trinajstić information content (AvgIpc) is 2.74. The first-order valence-corrected chi connectivity index (χ1v) is 11.5. The molecule has 7 heteroatoms. The van der Waals surface area contributed by atoms with Crippen LogP contribution in [0.15, 0.2) is 34.9 Å². The number of Topliss-reactive ketones (excluding diaryl/α,β-unsaturated/α-hetero) is 1. The van der Waals surface area contributed by atoms with Gasteiger partial charge in [0, 0.05) is 38.0 Å². The van der Waals surface area contributed by atoms with Crippen molar-refractivity contribution in [1.82, 2.24) is 4.90 Å². The second kappa shape index (κ2) is 8.95. The van der Waals surface area contributed by atoms with E-state index in [4.69, 9.17) is 19.9 Å². The van der Waals surface area contributed by atoms with Gasteiger partial charge < -0.3 is 19.9 Å². The molecular weight excluding hydrogens is 420 g/mol. The molecule has 0 radical (unpaired) electrons. The predicted molar refractivity (Wildman–Crippen MR) is 124 cm³/mol. The van der Waals surface area contributed by atoms with Crippen LogP contribution in [0.25, 0.3) is 0 Å². The molecule has 7 nitrogen and oxygen atoms in total. The number of nitrogens with two attached hydrogens (primary N) is 1. The van der Waals surface area contributed by atoms with Gasteiger partial charge in [-0.05, 0) is 41.5 Å². The lowest BCUT2D eigenvalue weighted by atomic mass is 9.69. The fourth-order valence-electron chi connectivity index (χ4n) is 5.20. The van der Waals surface area contributed by atoms with E-state index in [1.807, 2.05) is 20.8 Å². The van der Waals surface area contributed by atoms with Crippen LogP contribution in [0.5, 0.6) is 0 Å². The minimum absolute atomic E-state index is 0.00476. The number of carbonyl (C=O) groups is 2. The molecule has 1 atom stereocenters. The number of carbonyl (C=O) groups excluding carboxylic acids is 2. The Morgan fingerprint density at radius 2 is 1.88 bits per heavy atom. The fourth-order valence-corrected chi connectivity index (χ4v) is 5.20. The number of morpholine rings is 1. The first-order valence-electron chi connectivity index (χ1n) is 11.5. The molecule has 2 aliphatic heterocycles. The van der Waals surface area contributed by atoms with Gasteiger partial charge in [-0.2, -0.15) is 0 Å². The highest BCUT2D eigenvalue weighted by Gasteiger charge is 2.45. The molecule has 33 heavy (non-hydrogen) atoms. The van der Waals surface area contributed by atoms with Crippen molar-refractivity contribution in [2.45, 2.75) is 53.0 Å². The summed E-state index contributed by atoms with van der Waals surface area (Å²) < 4.78 is 16.4. The Bertz CT molecular complexity index is 1050. The predicted octanol–water partition coefficient (Wildman–Crippen LogP) is 3.24. The van der Waals surface area contributed by atoms with E-state index < -0.39 is 11.9 Å². The third-order valence-electron chi connectivity index (χ3n) is 6.89. The topological polar surface area (TPSA) is 91.1 Å². The van der Waals surface area contributed by atoms with E-state index in [0.717, 1.165) is 49.5 Å². The van der Waals surface area contributed by atoms with Crippen LogP contribution in [0, 0.1) is 19.3 Å². The molecule has 1 aromatic rings. The Kier molecular flexibility index (Phi) is 6.38. The highest BCUT2D eigenvalue weighted by atomic mass is 16.5. The number of allylic oxidation sites excluding steroid dienone is 2. The van der Waals surface area contributed by atoms with Crippen LogP contribution in [-0.2, 0) is 30.3 Å². The highest BCUT2D eigenvalue weighted by Crippen LogP contribution is 2.49. The highest BCUT2D eigenvalue weighted by molar-refractivity contribution is 6.03. The SMILES string of the molecule is COC(=O)C1=C(N)OC2=C(C(=O)CC(C)(C)C2)[C@@H]1c1cc(CN2CCOCC2)c(C)cc1C. The lowest BCUT2D eigenvalue weighted by Crippen LogP contribution is -2.36. The smallest absolute Gasteiger partial charge is 0.340 e. The Balaban J connectivity index is 1.84. The number of hydrogen-bond donors (Lipinski definition) is 1. The molecule has 1 aliphatic carbocycles. The van der Waals surface area contributed by atoms with Gasteiger partial charge in [0.15, 0.2) is 5.78 Å². The van der Waals surface area contributed by atoms with Crippen LogP contribution >= 0.6 is 0 Å². The molecule has 0 unspecified atom stereocenters. The summed E-state index contributed by atoms with van der Waals surface area (Å²) >= 11 is 0. The summed E-state index contributed by atoms with van der Waals surface area (Å²) in [4.78, 5) is 28.6. The van der Waals surface area contributed by atoms with E-state index in [2.05, 4.69) is 24.0 Å². The maximum absolute atomic E-state index is 13.4. The van der Waals surface area contributed by atoms with Gasteiger partial charge in [-0.3, -0.25) is 9.69 Å². The molecule has 0 amide bonds. The van der Waals surface area contributed by atoms with E-state index in [1.54, 1.807) is 0 Å². The van der Waals surface area contributed by atoms with E-state index in [9.17, 15) is 9.59 Å². The van der Waals surface area contributed by atoms with Gasteiger partial charge in [0.25, 0.3) is 0 Å². The monoisotopic (exact) mass is 454 g/mol. The zero-order valence-corrected chi connectivity index (χ0v) is 20.2. The summed E-state index contributed by atoms with van der Waals surface area (Å²) in [5.41, 5.74) is 11.0. The number of ketones is 1. The Hall–Kier alpha value is -2.64. The second-order valence-electron chi connectivity index (χ2n) is 10.1. The van der Waals surface area contributed by atoms with Gasteiger partial charge in [-0.15, -0.1) is 0 Å². The van der Waals surface area contributed by atoms with E-state index >= 15 is 0 Å². The Morgan fingerprint density at radius 3 is 2.55 bits per heavy atom. The molecular formula is C26H34N2O5. The first-order chi connectivity index (χ1) is 15.6. The number of aryl methyl sites for hydroxylation is 2. The number of hydrogen-bond acceptors (Lipinski definition) is 7. The minimum Gasteiger partial charge on any atom is -0.465 e. The van der Waals surface area contributed by atoms with Crippen LogP contribution in [-0.4, -0.2) is 50.1 Å². The molecule has 0 saturated carbocycles. The third-order valence-corrected chi connectivity index (χ3v) is 6.89. The van der Waals surface area contributed by atoms with Gasteiger partial charge in [-0.25, -0.2) is 4.79 Å². The maximum atomic E-state index is 13.4. The van der Waals surface area contributed by atoms with Crippen LogP contribution in [0.1, 0.15) is 54.9 Å². The molecule has 3 aliphatic rings. The van der Waals surface area contributed by atoms with Gasteiger partial charge in [-0.1, -0.05) is 26.0 Å². The standard InChI is InChI=1S/C26H34N2O5/c1-15-10-16(2)18(11-17(15)14-28-6-8-32-9-7-28)21-22-19(29)12-26(3,4)13-20(22)33-24(27)23(21)25(30)31-5/h10-11,21H,6-9,12-14,27H2,1-5H3/t21-/m0/s1. The Morgan fingerprint density at radius 1 is 1.18 bits per heavy atom. The van der Waals surface area contributed by atoms with Crippen molar-refractivity contribution < 1.29 is 23.8 Å². The summed E-state index contributed by atoms with van der Waals surface area (Å²) in [5, 5.41) is 0. The summed E-state index contributed by atoms with van der Waals surface area (Å²) in [6, 6.07) is 4.26. The summed E-state index contributed by atoms with van der Waals surface area (Å²) in [6.07, 6.45) is 0.983. The molecule has 0 spiro atoms. The molecule has 1 aromatic carbocycles. The van der Waals surface area contributed by atoms with Gasteiger partial charge in [0.1, 0.15) is 11.3 Å². The zero-order chi connectivity index (χ0) is 23.9. The van der Waals surface area contributed by atoms with Gasteiger partial charge >= 0.3 is 5.97 Å². The maximum Gasteiger partial charge on any atom is 0.340 e. The third kappa shape index (κ3) is 4.57. The van der Waals surface area contributed by atoms with Crippen LogP contribution in [0.2, 0.25) is 0 Å². The average molecular weight is 455 g/mol. The van der Waals surface area contributed by atoms with Crippen molar-refractivity contribution in [3.8, 4) is 0 Å². The van der Waals surface area contributed by atoms with Crippen molar-refractivity contribution in [3.63, 3.8) is 0 Å². The minimum atomic E-state index is -0.603. The van der Waals surface area contributed by atoms with Crippen molar-refractivity contribution in [1.29, 1.82) is 0 Å². The van der Waals surface area contributed by atoms with E-state index in [-0.39, 0.29) is 22.7 Å². The van der Waals surface area contributed by atoms with Crippen LogP contribution in [0.4, 0.5) is 0 Å². The summed E-state index contributed by atoms with van der Waals surface area (Å²) in [6.45, 7) is 12.2. The number of ether oxygens (including phenoxy) is 3. The quantitative estimate of drug-likeness (QED) is 0.699. The summed E-state index contributed by atoms with van der Waals surface area (Å²) in [5.74, 6) is -0.591. The lowest BCUT2D eigenvalue weighted by Gasteiger charge is -2.38. The van der Waals surface area contributed by atoms with Crippen LogP contribution in [0.3, 0.4) is 0 Å². The van der Waals surface area contributed by atoms with Crippen molar-refractivity contribution >= 4 is 11.8 Å². The van der Waals surface area contributed by atoms with E-state index in [0.29, 0.717) is 24.2 Å². The molecule has 2 N–H and O–H groups in total. The molecule has 0 aromatic heterocycles. The largest absolute Gasteiger partial charge is 0.465 e. The summed E-state index contributed by atoms with van der Waals surface area (Å²) in [7, 11) is 1.32. The molecule has 0 bridgehead atoms.